The highest BCUT2D eigenvalue weighted by Crippen LogP contribution is 2.38. The molecule has 5 heteroatoms. The maximum atomic E-state index is 10.6. The van der Waals surface area contributed by atoms with E-state index in [9.17, 15) is 4.79 Å². The zero-order chi connectivity index (χ0) is 11.5. The number of carbonyl (C=O) groups is 1. The molecule has 1 aromatic carbocycles. The average Bonchev–Trinajstić information content (AvgIpc) is 2.14. The van der Waals surface area contributed by atoms with Crippen molar-refractivity contribution in [3.8, 4) is 0 Å². The average molecular weight is 268 g/mol. The van der Waals surface area contributed by atoms with Crippen LogP contribution in [-0.2, 0) is 19.9 Å². The topological polar surface area (TPSA) is 26.3 Å². The zero-order valence-corrected chi connectivity index (χ0v) is 10.2. The zero-order valence-electron chi connectivity index (χ0n) is 7.97. The summed E-state index contributed by atoms with van der Waals surface area (Å²) >= 11 is 17.1. The van der Waals surface area contributed by atoms with Gasteiger partial charge in [0.1, 0.15) is 6.61 Å². The van der Waals surface area contributed by atoms with E-state index in [0.29, 0.717) is 5.56 Å². The second-order valence-corrected chi connectivity index (χ2v) is 5.26. The van der Waals surface area contributed by atoms with Crippen molar-refractivity contribution in [1.82, 2.24) is 0 Å². The van der Waals surface area contributed by atoms with Crippen molar-refractivity contribution in [2.24, 2.45) is 0 Å². The van der Waals surface area contributed by atoms with Crippen molar-refractivity contribution in [2.45, 2.75) is 17.3 Å². The van der Waals surface area contributed by atoms with Gasteiger partial charge in [0.15, 0.2) is 0 Å². The molecule has 0 radical (unpaired) electrons. The Morgan fingerprint density at radius 3 is 2.60 bits per heavy atom. The first-order valence-corrected chi connectivity index (χ1v) is 5.32. The van der Waals surface area contributed by atoms with Gasteiger partial charge in [0, 0.05) is 12.5 Å². The van der Waals surface area contributed by atoms with Crippen LogP contribution in [0.2, 0.25) is 0 Å². The van der Waals surface area contributed by atoms with Gasteiger partial charge in [-0.3, -0.25) is 4.79 Å². The summed E-state index contributed by atoms with van der Waals surface area (Å²) in [6, 6.07) is 6.93. The largest absolute Gasteiger partial charge is 0.461 e. The molecule has 0 aliphatic carbocycles. The van der Waals surface area contributed by atoms with Gasteiger partial charge in [-0.15, -0.1) is 0 Å². The maximum absolute atomic E-state index is 10.6. The number of hydrogen-bond acceptors (Lipinski definition) is 2. The van der Waals surface area contributed by atoms with Gasteiger partial charge in [0.2, 0.25) is 3.79 Å². The van der Waals surface area contributed by atoms with Crippen LogP contribution in [0.3, 0.4) is 0 Å². The second-order valence-electron chi connectivity index (χ2n) is 2.98. The van der Waals surface area contributed by atoms with Crippen LogP contribution in [0.1, 0.15) is 18.1 Å². The molecular formula is C10H9Cl3O2. The number of halogens is 3. The van der Waals surface area contributed by atoms with Crippen LogP contribution in [-0.4, -0.2) is 5.97 Å². The van der Waals surface area contributed by atoms with Gasteiger partial charge in [-0.05, 0) is 11.6 Å². The van der Waals surface area contributed by atoms with E-state index < -0.39 is 3.79 Å². The van der Waals surface area contributed by atoms with E-state index >= 15 is 0 Å². The minimum absolute atomic E-state index is 0.184. The minimum Gasteiger partial charge on any atom is -0.461 e. The Hall–Kier alpha value is -0.440. The molecule has 0 unspecified atom stereocenters. The van der Waals surface area contributed by atoms with Gasteiger partial charge in [-0.25, -0.2) is 0 Å². The Balaban J connectivity index is 2.79. The Kier molecular flexibility index (Phi) is 4.26. The highest BCUT2D eigenvalue weighted by Gasteiger charge is 2.22. The molecule has 0 N–H and O–H groups in total. The number of esters is 1. The number of hydrogen-bond donors (Lipinski definition) is 0. The predicted molar refractivity (Wildman–Crippen MR) is 61.1 cm³/mol. The van der Waals surface area contributed by atoms with Gasteiger partial charge in [0.25, 0.3) is 0 Å². The van der Waals surface area contributed by atoms with Crippen molar-refractivity contribution in [2.75, 3.05) is 0 Å². The Morgan fingerprint density at radius 2 is 2.07 bits per heavy atom. The minimum atomic E-state index is -1.45. The summed E-state index contributed by atoms with van der Waals surface area (Å²) in [5.74, 6) is -0.339. The van der Waals surface area contributed by atoms with Crippen molar-refractivity contribution < 1.29 is 9.53 Å². The van der Waals surface area contributed by atoms with Crippen LogP contribution >= 0.6 is 34.8 Å². The summed E-state index contributed by atoms with van der Waals surface area (Å²) in [6.07, 6.45) is 0. The van der Waals surface area contributed by atoms with E-state index in [2.05, 4.69) is 0 Å². The monoisotopic (exact) mass is 266 g/mol. The molecule has 82 valence electrons. The molecule has 1 rings (SSSR count). The summed E-state index contributed by atoms with van der Waals surface area (Å²) in [4.78, 5) is 10.6. The number of ether oxygens (including phenoxy) is 1. The first kappa shape index (κ1) is 12.6. The fraction of sp³-hybridized carbons (Fsp3) is 0.300. The van der Waals surface area contributed by atoms with Gasteiger partial charge in [-0.2, -0.15) is 0 Å². The van der Waals surface area contributed by atoms with Crippen molar-refractivity contribution in [1.29, 1.82) is 0 Å². The van der Waals surface area contributed by atoms with Crippen molar-refractivity contribution in [3.05, 3.63) is 35.4 Å². The first-order chi connectivity index (χ1) is 6.89. The Labute approximate surface area is 103 Å². The van der Waals surface area contributed by atoms with Crippen LogP contribution in [0.4, 0.5) is 0 Å². The molecular weight excluding hydrogens is 258 g/mol. The van der Waals surface area contributed by atoms with Crippen LogP contribution in [0, 0.1) is 0 Å². The van der Waals surface area contributed by atoms with E-state index in [0.717, 1.165) is 5.56 Å². The van der Waals surface area contributed by atoms with E-state index in [-0.39, 0.29) is 12.6 Å². The standard InChI is InChI=1S/C10H9Cl3O2/c1-7(14)15-6-8-3-2-4-9(5-8)10(11,12)13/h2-5H,6H2,1H3. The maximum Gasteiger partial charge on any atom is 0.302 e. The predicted octanol–water partition coefficient (Wildman–Crippen LogP) is 3.58. The fourth-order valence-corrected chi connectivity index (χ4v) is 1.38. The van der Waals surface area contributed by atoms with Crippen LogP contribution in [0.5, 0.6) is 0 Å². The number of carbonyl (C=O) groups excluding carboxylic acids is 1. The molecule has 0 amide bonds. The molecule has 0 aliphatic rings. The first-order valence-electron chi connectivity index (χ1n) is 4.19. The third-order valence-electron chi connectivity index (χ3n) is 1.70. The molecule has 0 aliphatic heterocycles. The summed E-state index contributed by atoms with van der Waals surface area (Å²) in [5.41, 5.74) is 1.34. The van der Waals surface area contributed by atoms with E-state index in [1.165, 1.54) is 6.92 Å². The summed E-state index contributed by atoms with van der Waals surface area (Å²) in [6.45, 7) is 1.53. The molecule has 0 saturated carbocycles. The third-order valence-corrected chi connectivity index (χ3v) is 2.35. The third kappa shape index (κ3) is 4.29. The molecule has 15 heavy (non-hydrogen) atoms. The Morgan fingerprint density at radius 1 is 1.40 bits per heavy atom. The lowest BCUT2D eigenvalue weighted by Crippen LogP contribution is -2.03. The number of benzene rings is 1. The summed E-state index contributed by atoms with van der Waals surface area (Å²) in [5, 5.41) is 0. The van der Waals surface area contributed by atoms with Crippen LogP contribution < -0.4 is 0 Å². The fourth-order valence-electron chi connectivity index (χ4n) is 1.02. The van der Waals surface area contributed by atoms with Crippen molar-refractivity contribution in [3.63, 3.8) is 0 Å². The number of rotatable bonds is 2. The highest BCUT2D eigenvalue weighted by molar-refractivity contribution is 6.66. The quantitative estimate of drug-likeness (QED) is 0.605. The van der Waals surface area contributed by atoms with Gasteiger partial charge >= 0.3 is 5.97 Å². The lowest BCUT2D eigenvalue weighted by molar-refractivity contribution is -0.142. The van der Waals surface area contributed by atoms with Gasteiger partial charge in [0.05, 0.1) is 0 Å². The molecule has 0 bridgehead atoms. The molecule has 0 saturated heterocycles. The summed E-state index contributed by atoms with van der Waals surface area (Å²) < 4.78 is 3.38. The molecule has 1 aromatic rings. The second kappa shape index (κ2) is 5.06. The lowest BCUT2D eigenvalue weighted by atomic mass is 10.1. The highest BCUT2D eigenvalue weighted by atomic mass is 35.6. The normalized spacial score (nSPS) is 11.2. The van der Waals surface area contributed by atoms with Crippen LogP contribution in [0.15, 0.2) is 24.3 Å². The summed E-state index contributed by atoms with van der Waals surface area (Å²) in [7, 11) is 0. The van der Waals surface area contributed by atoms with Gasteiger partial charge in [-0.1, -0.05) is 53.0 Å². The SMILES string of the molecule is CC(=O)OCc1cccc(C(Cl)(Cl)Cl)c1. The van der Waals surface area contributed by atoms with E-state index in [4.69, 9.17) is 39.5 Å². The van der Waals surface area contributed by atoms with Crippen LogP contribution in [0.25, 0.3) is 0 Å². The Bertz CT molecular complexity index is 358. The van der Waals surface area contributed by atoms with E-state index in [1.54, 1.807) is 24.3 Å². The van der Waals surface area contributed by atoms with E-state index in [1.807, 2.05) is 0 Å². The van der Waals surface area contributed by atoms with Crippen molar-refractivity contribution >= 4 is 40.8 Å². The van der Waals surface area contributed by atoms with Gasteiger partial charge < -0.3 is 4.74 Å². The molecule has 0 aromatic heterocycles. The number of alkyl halides is 3. The molecule has 2 nitrogen and oxygen atoms in total. The molecule has 0 spiro atoms. The molecule has 0 fully saturated rings. The molecule has 0 heterocycles. The smallest absolute Gasteiger partial charge is 0.302 e. The molecule has 0 atom stereocenters. The lowest BCUT2D eigenvalue weighted by Gasteiger charge is -2.12.